The lowest BCUT2D eigenvalue weighted by Gasteiger charge is -2.34. The number of aromatic hydroxyl groups is 2. The molecule has 1 amide bonds. The molecule has 2 heterocycles. The number of amides is 1. The molecule has 1 aliphatic rings. The third kappa shape index (κ3) is 7.46. The summed E-state index contributed by atoms with van der Waals surface area (Å²) in [5.74, 6) is -0.350. The Bertz CT molecular complexity index is 1400. The lowest BCUT2D eigenvalue weighted by molar-refractivity contribution is -0.156. The number of nitrogens with zero attached hydrogens (tertiary/aromatic N) is 5. The van der Waals surface area contributed by atoms with E-state index in [1.165, 1.54) is 6.07 Å². The number of aromatic nitrogens is 3. The number of benzene rings is 2. The number of nitrogens with one attached hydrogen (secondary N) is 1. The molecule has 0 spiro atoms. The molecule has 1 fully saturated rings. The Balaban J connectivity index is 1.53. The van der Waals surface area contributed by atoms with Gasteiger partial charge in [-0.2, -0.15) is 0 Å². The van der Waals surface area contributed by atoms with Gasteiger partial charge in [-0.05, 0) is 62.9 Å². The van der Waals surface area contributed by atoms with E-state index in [4.69, 9.17) is 4.74 Å². The standard InChI is InChI=1S/C31H42N6O5/c1-7-32-30(41)29-34-33-28(24-16-23(20(2)3)25(38)17-26(24)39)37(29)22-10-8-21(9-11-22)18-35-12-14-36(15-13-35)19-27(40)42-31(4,5)6/h8-11,16-17,20,38-39H,7,12-15,18-19H2,1-6H3,(H,32,41). The Labute approximate surface area is 247 Å². The quantitative estimate of drug-likeness (QED) is 0.325. The van der Waals surface area contributed by atoms with Crippen LogP contribution in [-0.4, -0.2) is 91.5 Å². The maximum absolute atomic E-state index is 12.9. The number of hydrogen-bond donors (Lipinski definition) is 3. The largest absolute Gasteiger partial charge is 0.508 e. The van der Waals surface area contributed by atoms with Crippen LogP contribution in [0.4, 0.5) is 0 Å². The number of rotatable bonds is 9. The van der Waals surface area contributed by atoms with Crippen LogP contribution < -0.4 is 5.32 Å². The summed E-state index contributed by atoms with van der Waals surface area (Å²) in [6.45, 7) is 16.0. The molecular weight excluding hydrogens is 536 g/mol. The zero-order valence-electron chi connectivity index (χ0n) is 25.3. The first-order valence-corrected chi connectivity index (χ1v) is 14.4. The Hall–Kier alpha value is -3.96. The fourth-order valence-electron chi connectivity index (χ4n) is 5.00. The van der Waals surface area contributed by atoms with Crippen molar-refractivity contribution in [1.82, 2.24) is 29.9 Å². The number of ether oxygens (including phenoxy) is 1. The minimum Gasteiger partial charge on any atom is -0.508 e. The fourth-order valence-corrected chi connectivity index (χ4v) is 5.00. The van der Waals surface area contributed by atoms with E-state index < -0.39 is 5.60 Å². The van der Waals surface area contributed by atoms with Gasteiger partial charge in [-0.15, -0.1) is 10.2 Å². The van der Waals surface area contributed by atoms with Gasteiger partial charge in [0, 0.05) is 51.0 Å². The molecule has 11 heteroatoms. The van der Waals surface area contributed by atoms with Gasteiger partial charge in [0.2, 0.25) is 5.82 Å². The number of esters is 1. The Kier molecular flexibility index (Phi) is 9.53. The third-order valence-electron chi connectivity index (χ3n) is 7.05. The fraction of sp³-hybridized carbons (Fsp3) is 0.484. The number of carbonyl (C=O) groups is 2. The molecule has 3 aromatic rings. The summed E-state index contributed by atoms with van der Waals surface area (Å²) in [4.78, 5) is 29.6. The van der Waals surface area contributed by atoms with Crippen LogP contribution in [0.25, 0.3) is 17.1 Å². The summed E-state index contributed by atoms with van der Waals surface area (Å²) in [6.07, 6.45) is 0. The maximum Gasteiger partial charge on any atom is 0.320 e. The predicted octanol–water partition coefficient (Wildman–Crippen LogP) is 3.68. The molecule has 226 valence electrons. The number of phenolic OH excluding ortho intramolecular Hbond substituents is 2. The molecule has 1 saturated heterocycles. The Morgan fingerprint density at radius 2 is 1.62 bits per heavy atom. The molecule has 1 aliphatic heterocycles. The molecular formula is C31H42N6O5. The monoisotopic (exact) mass is 578 g/mol. The summed E-state index contributed by atoms with van der Waals surface area (Å²) < 4.78 is 7.08. The van der Waals surface area contributed by atoms with Crippen molar-refractivity contribution >= 4 is 11.9 Å². The molecule has 0 unspecified atom stereocenters. The van der Waals surface area contributed by atoms with Gasteiger partial charge in [0.15, 0.2) is 5.82 Å². The lowest BCUT2D eigenvalue weighted by Crippen LogP contribution is -2.48. The molecule has 0 aliphatic carbocycles. The highest BCUT2D eigenvalue weighted by atomic mass is 16.6. The first kappa shape index (κ1) is 31.0. The van der Waals surface area contributed by atoms with Gasteiger partial charge in [-0.1, -0.05) is 26.0 Å². The highest BCUT2D eigenvalue weighted by Crippen LogP contribution is 2.38. The SMILES string of the molecule is CCNC(=O)c1nnc(-c2cc(C(C)C)c(O)cc2O)n1-c1ccc(CN2CCN(CC(=O)OC(C)(C)C)CC2)cc1. The van der Waals surface area contributed by atoms with Crippen molar-refractivity contribution in [3.05, 3.63) is 53.3 Å². The van der Waals surface area contributed by atoms with Crippen molar-refractivity contribution in [2.75, 3.05) is 39.3 Å². The zero-order valence-corrected chi connectivity index (χ0v) is 25.3. The molecule has 0 radical (unpaired) electrons. The van der Waals surface area contributed by atoms with Crippen molar-refractivity contribution < 1.29 is 24.5 Å². The number of carbonyl (C=O) groups excluding carboxylic acids is 2. The second-order valence-corrected chi connectivity index (χ2v) is 11.9. The number of phenols is 2. The minimum absolute atomic E-state index is 0.00189. The average Bonchev–Trinajstić information content (AvgIpc) is 3.34. The van der Waals surface area contributed by atoms with Gasteiger partial charge in [0.25, 0.3) is 5.91 Å². The molecule has 11 nitrogen and oxygen atoms in total. The van der Waals surface area contributed by atoms with Gasteiger partial charge in [0.05, 0.1) is 12.1 Å². The second-order valence-electron chi connectivity index (χ2n) is 11.9. The van der Waals surface area contributed by atoms with Crippen LogP contribution in [0.3, 0.4) is 0 Å². The van der Waals surface area contributed by atoms with Crippen LogP contribution >= 0.6 is 0 Å². The van der Waals surface area contributed by atoms with E-state index in [0.29, 0.717) is 35.7 Å². The molecule has 42 heavy (non-hydrogen) atoms. The highest BCUT2D eigenvalue weighted by Gasteiger charge is 2.25. The summed E-state index contributed by atoms with van der Waals surface area (Å²) in [5, 5.41) is 32.3. The third-order valence-corrected chi connectivity index (χ3v) is 7.05. The average molecular weight is 579 g/mol. The van der Waals surface area contributed by atoms with Crippen molar-refractivity contribution in [1.29, 1.82) is 0 Å². The number of hydrogen-bond acceptors (Lipinski definition) is 9. The molecule has 0 bridgehead atoms. The number of piperazine rings is 1. The predicted molar refractivity (Wildman–Crippen MR) is 160 cm³/mol. The molecule has 4 rings (SSSR count). The van der Waals surface area contributed by atoms with Crippen LogP contribution in [0, 0.1) is 0 Å². The van der Waals surface area contributed by atoms with E-state index in [2.05, 4.69) is 25.3 Å². The Morgan fingerprint density at radius 3 is 2.21 bits per heavy atom. The van der Waals surface area contributed by atoms with Gasteiger partial charge in [0.1, 0.15) is 17.1 Å². The Morgan fingerprint density at radius 1 is 0.976 bits per heavy atom. The molecule has 0 atom stereocenters. The highest BCUT2D eigenvalue weighted by molar-refractivity contribution is 5.92. The molecule has 0 saturated carbocycles. The summed E-state index contributed by atoms with van der Waals surface area (Å²) >= 11 is 0. The van der Waals surface area contributed by atoms with Gasteiger partial charge in [-0.25, -0.2) is 0 Å². The summed E-state index contributed by atoms with van der Waals surface area (Å²) in [5.41, 5.74) is 2.30. The van der Waals surface area contributed by atoms with Crippen LogP contribution in [0.1, 0.15) is 69.2 Å². The van der Waals surface area contributed by atoms with E-state index in [-0.39, 0.29) is 35.1 Å². The topological polar surface area (TPSA) is 133 Å². The first-order valence-electron chi connectivity index (χ1n) is 14.4. The van der Waals surface area contributed by atoms with Crippen molar-refractivity contribution in [3.63, 3.8) is 0 Å². The van der Waals surface area contributed by atoms with E-state index in [1.54, 1.807) is 10.6 Å². The van der Waals surface area contributed by atoms with Crippen LogP contribution in [-0.2, 0) is 16.1 Å². The molecule has 2 aromatic carbocycles. The first-order chi connectivity index (χ1) is 19.9. The van der Waals surface area contributed by atoms with Crippen molar-refractivity contribution in [2.45, 2.75) is 59.6 Å². The van der Waals surface area contributed by atoms with Crippen LogP contribution in [0.2, 0.25) is 0 Å². The second kappa shape index (κ2) is 12.9. The smallest absolute Gasteiger partial charge is 0.320 e. The van der Waals surface area contributed by atoms with Crippen LogP contribution in [0.15, 0.2) is 36.4 Å². The van der Waals surface area contributed by atoms with E-state index in [1.807, 2.05) is 65.8 Å². The van der Waals surface area contributed by atoms with Crippen molar-refractivity contribution in [3.8, 4) is 28.6 Å². The van der Waals surface area contributed by atoms with Crippen molar-refractivity contribution in [2.24, 2.45) is 0 Å². The summed E-state index contributed by atoms with van der Waals surface area (Å²) in [7, 11) is 0. The summed E-state index contributed by atoms with van der Waals surface area (Å²) in [6, 6.07) is 10.8. The van der Waals surface area contributed by atoms with E-state index in [0.717, 1.165) is 38.3 Å². The van der Waals surface area contributed by atoms with Gasteiger partial charge >= 0.3 is 5.97 Å². The molecule has 1 aromatic heterocycles. The maximum atomic E-state index is 12.9. The van der Waals surface area contributed by atoms with Crippen LogP contribution in [0.5, 0.6) is 11.5 Å². The van der Waals surface area contributed by atoms with Gasteiger partial charge in [-0.3, -0.25) is 24.0 Å². The van der Waals surface area contributed by atoms with E-state index in [9.17, 15) is 19.8 Å². The zero-order chi connectivity index (χ0) is 30.6. The van der Waals surface area contributed by atoms with Gasteiger partial charge < -0.3 is 20.3 Å². The lowest BCUT2D eigenvalue weighted by atomic mass is 9.98. The minimum atomic E-state index is -0.485. The normalized spacial score (nSPS) is 14.7. The van der Waals surface area contributed by atoms with E-state index >= 15 is 0 Å². The molecule has 3 N–H and O–H groups in total.